The van der Waals surface area contributed by atoms with Gasteiger partial charge in [0.05, 0.1) is 28.2 Å². The molecular weight excluding hydrogens is 326 g/mol. The molecule has 0 aliphatic heterocycles. The largest absolute Gasteiger partial charge is 0.305 e. The lowest BCUT2D eigenvalue weighted by molar-refractivity contribution is 0.284. The van der Waals surface area contributed by atoms with Crippen LogP contribution in [0.15, 0.2) is 29.2 Å². The maximum Gasteiger partial charge on any atom is 0.259 e. The van der Waals surface area contributed by atoms with Gasteiger partial charge in [0, 0.05) is 0 Å². The molecule has 24 heavy (non-hydrogen) atoms. The summed E-state index contributed by atoms with van der Waals surface area (Å²) in [6.45, 7) is 1.92. The van der Waals surface area contributed by atoms with E-state index in [0.29, 0.717) is 33.5 Å². The highest BCUT2D eigenvalue weighted by atomic mass is 35.5. The SMILES string of the molecule is Cc1cccc2c(=O)[nH]c(C(Cl)=Cc3cn(C4CCC4)nn3)nc12. The van der Waals surface area contributed by atoms with E-state index >= 15 is 0 Å². The van der Waals surface area contributed by atoms with Crippen molar-refractivity contribution in [2.75, 3.05) is 0 Å². The average Bonchev–Trinajstić information content (AvgIpc) is 2.94. The molecule has 0 radical (unpaired) electrons. The second-order valence-corrected chi connectivity index (χ2v) is 6.49. The Morgan fingerprint density at radius 3 is 3.00 bits per heavy atom. The van der Waals surface area contributed by atoms with Crippen molar-refractivity contribution in [3.63, 3.8) is 0 Å². The van der Waals surface area contributed by atoms with E-state index in [2.05, 4.69) is 20.3 Å². The third-order valence-electron chi connectivity index (χ3n) is 4.42. The van der Waals surface area contributed by atoms with Crippen LogP contribution in [0.1, 0.15) is 42.4 Å². The van der Waals surface area contributed by atoms with E-state index in [4.69, 9.17) is 11.6 Å². The Morgan fingerprint density at radius 1 is 1.42 bits per heavy atom. The third-order valence-corrected chi connectivity index (χ3v) is 4.70. The van der Waals surface area contributed by atoms with E-state index < -0.39 is 0 Å². The summed E-state index contributed by atoms with van der Waals surface area (Å²) in [5.41, 5.74) is 2.03. The Kier molecular flexibility index (Phi) is 3.69. The van der Waals surface area contributed by atoms with Crippen LogP contribution in [0.25, 0.3) is 22.0 Å². The Bertz CT molecular complexity index is 1000. The number of nitrogens with one attached hydrogen (secondary N) is 1. The molecule has 3 aromatic rings. The molecule has 1 aromatic carbocycles. The molecule has 1 saturated carbocycles. The molecule has 7 heteroatoms. The van der Waals surface area contributed by atoms with Crippen molar-refractivity contribution in [1.82, 2.24) is 25.0 Å². The first-order valence-electron chi connectivity index (χ1n) is 7.91. The van der Waals surface area contributed by atoms with Gasteiger partial charge in [-0.1, -0.05) is 28.9 Å². The number of rotatable bonds is 3. The molecule has 1 fully saturated rings. The van der Waals surface area contributed by atoms with E-state index in [1.165, 1.54) is 6.42 Å². The minimum absolute atomic E-state index is 0.205. The van der Waals surface area contributed by atoms with Gasteiger partial charge in [-0.05, 0) is 43.9 Å². The van der Waals surface area contributed by atoms with Gasteiger partial charge in [-0.15, -0.1) is 5.10 Å². The zero-order valence-corrected chi connectivity index (χ0v) is 13.9. The third kappa shape index (κ3) is 2.63. The number of aromatic nitrogens is 5. The van der Waals surface area contributed by atoms with Crippen LogP contribution in [0.5, 0.6) is 0 Å². The molecular formula is C17H16ClN5O. The van der Waals surface area contributed by atoms with E-state index in [9.17, 15) is 4.79 Å². The van der Waals surface area contributed by atoms with Crippen LogP contribution in [-0.2, 0) is 0 Å². The van der Waals surface area contributed by atoms with Crippen LogP contribution in [0.2, 0.25) is 0 Å². The highest BCUT2D eigenvalue weighted by molar-refractivity contribution is 6.50. The zero-order chi connectivity index (χ0) is 16.7. The summed E-state index contributed by atoms with van der Waals surface area (Å²) in [6.07, 6.45) is 7.05. The summed E-state index contributed by atoms with van der Waals surface area (Å²) >= 11 is 6.35. The van der Waals surface area contributed by atoms with Crippen LogP contribution < -0.4 is 5.56 Å². The lowest BCUT2D eigenvalue weighted by Gasteiger charge is -2.24. The van der Waals surface area contributed by atoms with Crippen molar-refractivity contribution in [3.05, 3.63) is 51.8 Å². The molecule has 122 valence electrons. The van der Waals surface area contributed by atoms with Gasteiger partial charge in [-0.2, -0.15) is 0 Å². The Balaban J connectivity index is 1.72. The molecule has 1 N–H and O–H groups in total. The zero-order valence-electron chi connectivity index (χ0n) is 13.2. The van der Waals surface area contributed by atoms with Gasteiger partial charge < -0.3 is 4.98 Å². The quantitative estimate of drug-likeness (QED) is 0.793. The van der Waals surface area contributed by atoms with Gasteiger partial charge in [0.1, 0.15) is 5.69 Å². The van der Waals surface area contributed by atoms with Crippen LogP contribution in [-0.4, -0.2) is 25.0 Å². The number of H-pyrrole nitrogens is 1. The summed E-state index contributed by atoms with van der Waals surface area (Å²) < 4.78 is 1.88. The van der Waals surface area contributed by atoms with Crippen LogP contribution in [0.3, 0.4) is 0 Å². The first kappa shape index (κ1) is 15.1. The highest BCUT2D eigenvalue weighted by Gasteiger charge is 2.20. The summed E-state index contributed by atoms with van der Waals surface area (Å²) in [5.74, 6) is 0.335. The van der Waals surface area contributed by atoms with E-state index in [1.807, 2.05) is 29.9 Å². The topological polar surface area (TPSA) is 76.5 Å². The number of hydrogen-bond acceptors (Lipinski definition) is 4. The number of aromatic amines is 1. The lowest BCUT2D eigenvalue weighted by atomic mass is 9.93. The minimum Gasteiger partial charge on any atom is -0.305 e. The molecule has 2 heterocycles. The summed E-state index contributed by atoms with van der Waals surface area (Å²) in [5, 5.41) is 9.14. The van der Waals surface area contributed by atoms with Gasteiger partial charge >= 0.3 is 0 Å². The standard InChI is InChI=1S/C17H16ClN5O/c1-10-4-2-7-13-15(10)19-16(20-17(13)24)14(18)8-11-9-23(22-21-11)12-5-3-6-12/h2,4,7-9,12H,3,5-6H2,1H3,(H,19,20,24). The molecule has 0 unspecified atom stereocenters. The second kappa shape index (κ2) is 5.87. The van der Waals surface area contributed by atoms with Gasteiger partial charge in [0.2, 0.25) is 0 Å². The summed E-state index contributed by atoms with van der Waals surface area (Å²) in [4.78, 5) is 19.5. The fourth-order valence-corrected chi connectivity index (χ4v) is 3.00. The van der Waals surface area contributed by atoms with Gasteiger partial charge in [-0.3, -0.25) is 4.79 Å². The van der Waals surface area contributed by atoms with Crippen LogP contribution in [0, 0.1) is 6.92 Å². The van der Waals surface area contributed by atoms with Crippen molar-refractivity contribution in [2.24, 2.45) is 0 Å². The smallest absolute Gasteiger partial charge is 0.259 e. The number of aryl methyl sites for hydroxylation is 1. The number of hydrogen-bond donors (Lipinski definition) is 1. The minimum atomic E-state index is -0.205. The molecule has 0 saturated heterocycles. The fourth-order valence-electron chi connectivity index (χ4n) is 2.80. The monoisotopic (exact) mass is 341 g/mol. The number of nitrogens with zero attached hydrogens (tertiary/aromatic N) is 4. The van der Waals surface area contributed by atoms with Crippen molar-refractivity contribution < 1.29 is 0 Å². The van der Waals surface area contributed by atoms with Crippen LogP contribution in [0.4, 0.5) is 0 Å². The Morgan fingerprint density at radius 2 is 2.25 bits per heavy atom. The molecule has 4 rings (SSSR count). The summed E-state index contributed by atoms with van der Waals surface area (Å²) in [6, 6.07) is 5.95. The number of fused-ring (bicyclic) bond motifs is 1. The van der Waals surface area contributed by atoms with E-state index in [1.54, 1.807) is 12.1 Å². The second-order valence-electron chi connectivity index (χ2n) is 6.09. The maximum absolute atomic E-state index is 12.2. The van der Waals surface area contributed by atoms with Crippen LogP contribution >= 0.6 is 11.6 Å². The van der Waals surface area contributed by atoms with E-state index in [-0.39, 0.29) is 5.56 Å². The Hall–Kier alpha value is -2.47. The number of para-hydroxylation sites is 1. The van der Waals surface area contributed by atoms with Crippen molar-refractivity contribution in [1.29, 1.82) is 0 Å². The molecule has 1 aliphatic rings. The van der Waals surface area contributed by atoms with E-state index in [0.717, 1.165) is 18.4 Å². The molecule has 0 spiro atoms. The first-order valence-corrected chi connectivity index (χ1v) is 8.28. The molecule has 0 atom stereocenters. The molecule has 0 amide bonds. The van der Waals surface area contributed by atoms with Gasteiger partial charge in [-0.25, -0.2) is 9.67 Å². The van der Waals surface area contributed by atoms with Crippen molar-refractivity contribution in [3.8, 4) is 0 Å². The first-order chi connectivity index (χ1) is 11.6. The van der Waals surface area contributed by atoms with Crippen molar-refractivity contribution in [2.45, 2.75) is 32.2 Å². The Labute approximate surface area is 143 Å². The normalized spacial score (nSPS) is 15.7. The van der Waals surface area contributed by atoms with Crippen molar-refractivity contribution >= 4 is 33.6 Å². The predicted octanol–water partition coefficient (Wildman–Crippen LogP) is 3.28. The average molecular weight is 342 g/mol. The molecule has 2 aromatic heterocycles. The summed E-state index contributed by atoms with van der Waals surface area (Å²) in [7, 11) is 0. The fraction of sp³-hybridized carbons (Fsp3) is 0.294. The highest BCUT2D eigenvalue weighted by Crippen LogP contribution is 2.30. The number of halogens is 1. The van der Waals surface area contributed by atoms with Gasteiger partial charge in [0.15, 0.2) is 5.82 Å². The number of benzene rings is 1. The predicted molar refractivity (Wildman–Crippen MR) is 93.7 cm³/mol. The molecule has 1 aliphatic carbocycles. The molecule has 6 nitrogen and oxygen atoms in total. The van der Waals surface area contributed by atoms with Gasteiger partial charge in [0.25, 0.3) is 5.56 Å². The maximum atomic E-state index is 12.2. The molecule has 0 bridgehead atoms. The lowest BCUT2D eigenvalue weighted by Crippen LogP contribution is -2.17.